The molecule has 3 aromatic rings. The number of nitrogens with one attached hydrogen (secondary N) is 1. The molecule has 31 heavy (non-hydrogen) atoms. The number of thiazole rings is 1. The van der Waals surface area contributed by atoms with E-state index >= 15 is 0 Å². The van der Waals surface area contributed by atoms with Gasteiger partial charge < -0.3 is 10.1 Å². The molecule has 0 saturated heterocycles. The number of thiophene rings is 1. The van der Waals surface area contributed by atoms with Crippen molar-refractivity contribution in [2.24, 2.45) is 4.99 Å². The number of para-hydroxylation sites is 1. The van der Waals surface area contributed by atoms with Gasteiger partial charge in [0.15, 0.2) is 4.80 Å². The number of carbonyl (C=O) groups is 2. The molecule has 0 saturated carbocycles. The first-order chi connectivity index (χ1) is 15.0. The fourth-order valence-corrected chi connectivity index (χ4v) is 5.87. The van der Waals surface area contributed by atoms with Crippen molar-refractivity contribution in [2.45, 2.75) is 19.9 Å². The summed E-state index contributed by atoms with van der Waals surface area (Å²) in [5, 5.41) is 4.71. The average Bonchev–Trinajstić information content (AvgIpc) is 3.45. The number of ether oxygens (including phenoxy) is 1. The zero-order valence-corrected chi connectivity index (χ0v) is 18.3. The summed E-state index contributed by atoms with van der Waals surface area (Å²) in [7, 11) is 0. The molecule has 0 bridgehead atoms. The van der Waals surface area contributed by atoms with Crippen molar-refractivity contribution in [1.29, 1.82) is 0 Å². The molecule has 0 radical (unpaired) electrons. The minimum atomic E-state index is -0.649. The second-order valence-corrected chi connectivity index (χ2v) is 8.97. The number of rotatable bonds is 3. The lowest BCUT2D eigenvalue weighted by Gasteiger charge is -2.23. The monoisotopic (exact) mass is 451 g/mol. The van der Waals surface area contributed by atoms with Crippen molar-refractivity contribution in [3.63, 3.8) is 0 Å². The number of carbonyl (C=O) groups excluding carboxylic acids is 2. The summed E-state index contributed by atoms with van der Waals surface area (Å²) in [6.07, 6.45) is 0. The first-order valence-corrected chi connectivity index (χ1v) is 11.4. The number of hydrogen-bond donors (Lipinski definition) is 1. The number of esters is 1. The highest BCUT2D eigenvalue weighted by Crippen LogP contribution is 2.34. The van der Waals surface area contributed by atoms with Crippen LogP contribution >= 0.6 is 22.7 Å². The molecule has 5 rings (SSSR count). The number of nitrogens with zero attached hydrogens (tertiary/aromatic N) is 2. The standard InChI is InChI=1S/C22H17N3O4S2/c1-3-29-21(28)15-11(2)23-22-25(17(15)14-9-6-10-30-14)20(27)18(31-22)16-12-7-4-5-8-13(12)24-19(16)26/h4-10,17H,3H2,1-2H3,(H,24,26)/b18-16+/t17-/m0/s1. The van der Waals surface area contributed by atoms with Gasteiger partial charge in [0.2, 0.25) is 0 Å². The summed E-state index contributed by atoms with van der Waals surface area (Å²) in [5.41, 5.74) is 2.19. The Hall–Kier alpha value is -3.30. The average molecular weight is 452 g/mol. The molecular formula is C22H17N3O4S2. The van der Waals surface area contributed by atoms with Crippen molar-refractivity contribution in [3.05, 3.63) is 83.2 Å². The molecular weight excluding hydrogens is 434 g/mol. The minimum Gasteiger partial charge on any atom is -0.463 e. The summed E-state index contributed by atoms with van der Waals surface area (Å²) < 4.78 is 7.08. The maximum Gasteiger partial charge on any atom is 0.338 e. The Morgan fingerprint density at radius 3 is 2.77 bits per heavy atom. The Balaban J connectivity index is 1.82. The van der Waals surface area contributed by atoms with E-state index in [4.69, 9.17) is 4.74 Å². The van der Waals surface area contributed by atoms with Crippen LogP contribution in [0.2, 0.25) is 0 Å². The second-order valence-electron chi connectivity index (χ2n) is 7.01. The topological polar surface area (TPSA) is 89.8 Å². The summed E-state index contributed by atoms with van der Waals surface area (Å²) in [6, 6.07) is 10.4. The van der Waals surface area contributed by atoms with E-state index in [1.54, 1.807) is 19.9 Å². The summed E-state index contributed by atoms with van der Waals surface area (Å²) >= 11 is 2.61. The van der Waals surface area contributed by atoms with Crippen LogP contribution in [0.3, 0.4) is 0 Å². The zero-order valence-electron chi connectivity index (χ0n) is 16.7. The highest BCUT2D eigenvalue weighted by molar-refractivity contribution is 7.10. The van der Waals surface area contributed by atoms with Crippen molar-refractivity contribution in [3.8, 4) is 0 Å². The second kappa shape index (κ2) is 7.44. The Kier molecular flexibility index (Phi) is 4.71. The smallest absolute Gasteiger partial charge is 0.338 e. The largest absolute Gasteiger partial charge is 0.463 e. The molecule has 0 fully saturated rings. The van der Waals surface area contributed by atoms with Crippen LogP contribution in [0.1, 0.15) is 30.3 Å². The van der Waals surface area contributed by atoms with Crippen LogP contribution in [0, 0.1) is 0 Å². The number of allylic oxidation sites excluding steroid dienone is 1. The third kappa shape index (κ3) is 3.00. The molecule has 9 heteroatoms. The number of fused-ring (bicyclic) bond motifs is 2. The third-order valence-electron chi connectivity index (χ3n) is 5.20. The van der Waals surface area contributed by atoms with Crippen molar-refractivity contribution < 1.29 is 14.3 Å². The number of benzene rings is 1. The normalized spacial score (nSPS) is 18.9. The maximum atomic E-state index is 13.6. The molecule has 4 heterocycles. The number of anilines is 1. The van der Waals surface area contributed by atoms with Gasteiger partial charge in [0.1, 0.15) is 10.6 Å². The van der Waals surface area contributed by atoms with E-state index in [-0.39, 0.29) is 18.1 Å². The Labute approximate surface area is 184 Å². The quantitative estimate of drug-likeness (QED) is 0.618. The van der Waals surface area contributed by atoms with Crippen LogP contribution in [0.4, 0.5) is 5.69 Å². The highest BCUT2D eigenvalue weighted by atomic mass is 32.1. The van der Waals surface area contributed by atoms with E-state index in [1.807, 2.05) is 35.7 Å². The lowest BCUT2D eigenvalue weighted by atomic mass is 10.0. The van der Waals surface area contributed by atoms with E-state index in [2.05, 4.69) is 10.3 Å². The van der Waals surface area contributed by atoms with Crippen LogP contribution in [0.15, 0.2) is 62.8 Å². The van der Waals surface area contributed by atoms with Crippen LogP contribution < -0.4 is 20.2 Å². The molecule has 2 aliphatic heterocycles. The van der Waals surface area contributed by atoms with Crippen LogP contribution in [-0.2, 0) is 14.3 Å². The lowest BCUT2D eigenvalue weighted by Crippen LogP contribution is -2.40. The Bertz CT molecular complexity index is 1440. The van der Waals surface area contributed by atoms with Gasteiger partial charge in [0.25, 0.3) is 11.5 Å². The summed E-state index contributed by atoms with van der Waals surface area (Å²) in [6.45, 7) is 3.70. The number of amides is 1. The van der Waals surface area contributed by atoms with E-state index in [9.17, 15) is 14.4 Å². The molecule has 0 unspecified atom stereocenters. The molecule has 1 aromatic carbocycles. The maximum absolute atomic E-state index is 13.6. The Morgan fingerprint density at radius 2 is 2.03 bits per heavy atom. The molecule has 1 N–H and O–H groups in total. The highest BCUT2D eigenvalue weighted by Gasteiger charge is 2.35. The zero-order chi connectivity index (χ0) is 21.7. The fraction of sp³-hybridized carbons (Fsp3) is 0.182. The molecule has 156 valence electrons. The SMILES string of the molecule is CCOC(=O)C1=C(C)N=c2s/c(=C3/C(=O)Nc4ccccc43)c(=O)n2[C@H]1c1cccs1. The van der Waals surface area contributed by atoms with Gasteiger partial charge in [0, 0.05) is 16.1 Å². The van der Waals surface area contributed by atoms with Crippen molar-refractivity contribution in [2.75, 3.05) is 11.9 Å². The fourth-order valence-electron chi connectivity index (χ4n) is 3.90. The van der Waals surface area contributed by atoms with Gasteiger partial charge in [-0.1, -0.05) is 35.6 Å². The van der Waals surface area contributed by atoms with Gasteiger partial charge in [-0.3, -0.25) is 14.2 Å². The van der Waals surface area contributed by atoms with E-state index in [0.29, 0.717) is 37.4 Å². The van der Waals surface area contributed by atoms with E-state index in [1.165, 1.54) is 15.9 Å². The first kappa shape index (κ1) is 19.7. The molecule has 0 aliphatic carbocycles. The molecule has 2 aromatic heterocycles. The number of aromatic nitrogens is 1. The van der Waals surface area contributed by atoms with Crippen LogP contribution in [-0.4, -0.2) is 23.1 Å². The van der Waals surface area contributed by atoms with Gasteiger partial charge in [-0.2, -0.15) is 0 Å². The van der Waals surface area contributed by atoms with Gasteiger partial charge in [0.05, 0.1) is 23.5 Å². The molecule has 7 nitrogen and oxygen atoms in total. The first-order valence-electron chi connectivity index (χ1n) is 9.67. The predicted octanol–water partition coefficient (Wildman–Crippen LogP) is 2.18. The summed E-state index contributed by atoms with van der Waals surface area (Å²) in [4.78, 5) is 45.0. The van der Waals surface area contributed by atoms with Crippen LogP contribution in [0.25, 0.3) is 5.57 Å². The summed E-state index contributed by atoms with van der Waals surface area (Å²) in [5.74, 6) is -0.815. The Morgan fingerprint density at radius 1 is 1.23 bits per heavy atom. The van der Waals surface area contributed by atoms with Crippen molar-refractivity contribution in [1.82, 2.24) is 4.57 Å². The number of hydrogen-bond acceptors (Lipinski definition) is 7. The molecule has 2 aliphatic rings. The van der Waals surface area contributed by atoms with Gasteiger partial charge in [-0.05, 0) is 31.4 Å². The molecule has 0 spiro atoms. The van der Waals surface area contributed by atoms with E-state index in [0.717, 1.165) is 16.2 Å². The van der Waals surface area contributed by atoms with Crippen molar-refractivity contribution >= 4 is 45.8 Å². The van der Waals surface area contributed by atoms with Gasteiger partial charge in [-0.25, -0.2) is 9.79 Å². The van der Waals surface area contributed by atoms with E-state index < -0.39 is 12.0 Å². The predicted molar refractivity (Wildman–Crippen MR) is 119 cm³/mol. The molecule has 1 atom stereocenters. The van der Waals surface area contributed by atoms with Gasteiger partial charge in [-0.15, -0.1) is 11.3 Å². The minimum absolute atomic E-state index is 0.221. The lowest BCUT2D eigenvalue weighted by molar-refractivity contribution is -0.139. The van der Waals surface area contributed by atoms with Gasteiger partial charge >= 0.3 is 5.97 Å². The molecule has 1 amide bonds. The third-order valence-corrected chi connectivity index (χ3v) is 7.18. The van der Waals surface area contributed by atoms with Crippen LogP contribution in [0.5, 0.6) is 0 Å².